The first-order chi connectivity index (χ1) is 14.8. The predicted octanol–water partition coefficient (Wildman–Crippen LogP) is 1.17. The largest absolute Gasteiger partial charge is 0.472 e. The third-order valence-corrected chi connectivity index (χ3v) is 5.73. The van der Waals surface area contributed by atoms with E-state index < -0.39 is 0 Å². The zero-order chi connectivity index (χ0) is 22.5. The third-order valence-electron chi connectivity index (χ3n) is 5.73. The van der Waals surface area contributed by atoms with Crippen molar-refractivity contribution in [3.05, 3.63) is 23.4 Å². The number of likely N-dealkylation sites (N-methyl/N-ethyl adjacent to an activating group) is 1. The minimum atomic E-state index is -0.365. The van der Waals surface area contributed by atoms with Gasteiger partial charge in [-0.15, -0.1) is 0 Å². The number of hydrogen-bond donors (Lipinski definition) is 1. The van der Waals surface area contributed by atoms with E-state index in [9.17, 15) is 14.7 Å². The summed E-state index contributed by atoms with van der Waals surface area (Å²) >= 11 is 0. The number of carbonyl (C=O) groups excluding carboxylic acids is 2. The van der Waals surface area contributed by atoms with E-state index in [0.29, 0.717) is 24.2 Å². The van der Waals surface area contributed by atoms with Crippen LogP contribution in [0, 0.1) is 23.7 Å². The van der Waals surface area contributed by atoms with Crippen molar-refractivity contribution in [1.82, 2.24) is 14.8 Å². The van der Waals surface area contributed by atoms with Gasteiger partial charge in [0, 0.05) is 44.3 Å². The van der Waals surface area contributed by atoms with Gasteiger partial charge in [-0.1, -0.05) is 18.8 Å². The highest BCUT2D eigenvalue weighted by Gasteiger charge is 2.37. The molecule has 1 aromatic heterocycles. The fourth-order valence-corrected chi connectivity index (χ4v) is 3.60. The molecule has 1 saturated carbocycles. The highest BCUT2D eigenvalue weighted by atomic mass is 16.5. The van der Waals surface area contributed by atoms with Crippen LogP contribution in [0.15, 0.2) is 12.3 Å². The van der Waals surface area contributed by atoms with Crippen LogP contribution in [-0.4, -0.2) is 84.3 Å². The zero-order valence-corrected chi connectivity index (χ0v) is 18.6. The van der Waals surface area contributed by atoms with E-state index in [4.69, 9.17) is 9.47 Å². The summed E-state index contributed by atoms with van der Waals surface area (Å²) in [5.74, 6) is 5.94. The van der Waals surface area contributed by atoms with Crippen LogP contribution >= 0.6 is 0 Å². The van der Waals surface area contributed by atoms with Gasteiger partial charge < -0.3 is 24.4 Å². The molecule has 1 fully saturated rings. The maximum Gasteiger partial charge on any atom is 0.259 e. The quantitative estimate of drug-likeness (QED) is 0.683. The average Bonchev–Trinajstić information content (AvgIpc) is 3.61. The third kappa shape index (κ3) is 5.54. The molecule has 168 valence electrons. The van der Waals surface area contributed by atoms with Crippen LogP contribution in [0.3, 0.4) is 0 Å². The Morgan fingerprint density at radius 1 is 1.48 bits per heavy atom. The summed E-state index contributed by atoms with van der Waals surface area (Å²) in [4.78, 5) is 33.5. The van der Waals surface area contributed by atoms with Gasteiger partial charge in [0.2, 0.25) is 11.8 Å². The Balaban J connectivity index is 1.93. The molecular formula is C23H31N3O5. The smallest absolute Gasteiger partial charge is 0.259 e. The lowest BCUT2D eigenvalue weighted by atomic mass is 9.99. The van der Waals surface area contributed by atoms with E-state index >= 15 is 0 Å². The van der Waals surface area contributed by atoms with Gasteiger partial charge in [-0.2, -0.15) is 0 Å². The number of methoxy groups -OCH3 is 1. The van der Waals surface area contributed by atoms with Crippen LogP contribution in [0.1, 0.15) is 42.6 Å². The molecule has 1 aromatic rings. The molecule has 3 rings (SSSR count). The van der Waals surface area contributed by atoms with Gasteiger partial charge >= 0.3 is 0 Å². The van der Waals surface area contributed by atoms with Crippen molar-refractivity contribution in [3.8, 4) is 17.7 Å². The zero-order valence-electron chi connectivity index (χ0n) is 18.6. The standard InChI is InChI=1S/C23H31N3O5/c1-15-12-26(16(2)14-27)23(29)19-10-17(6-5-9-30-4)11-24-21(19)31-20(15)13-25(3)22(28)18-7-8-18/h10-11,15-16,18,20,27H,7-9,12-14H2,1-4H3/t15-,16-,20-/m1/s1. The molecule has 0 radical (unpaired) electrons. The molecule has 8 nitrogen and oxygen atoms in total. The Bertz CT molecular complexity index is 874. The Kier molecular flexibility index (Phi) is 7.52. The van der Waals surface area contributed by atoms with Crippen molar-refractivity contribution in [2.75, 3.05) is 40.5 Å². The number of aliphatic hydroxyl groups is 1. The number of nitrogens with zero attached hydrogens (tertiary/aromatic N) is 3. The fraction of sp³-hybridized carbons (Fsp3) is 0.609. The first kappa shape index (κ1) is 23.0. The summed E-state index contributed by atoms with van der Waals surface area (Å²) in [6.45, 7) is 4.72. The summed E-state index contributed by atoms with van der Waals surface area (Å²) in [5.41, 5.74) is 0.883. The first-order valence-corrected chi connectivity index (χ1v) is 10.7. The van der Waals surface area contributed by atoms with Crippen molar-refractivity contribution >= 4 is 11.8 Å². The van der Waals surface area contributed by atoms with E-state index in [-0.39, 0.29) is 54.9 Å². The molecule has 3 atom stereocenters. The fourth-order valence-electron chi connectivity index (χ4n) is 3.60. The number of rotatable bonds is 6. The molecule has 1 aliphatic carbocycles. The lowest BCUT2D eigenvalue weighted by molar-refractivity contribution is -0.132. The Labute approximate surface area is 183 Å². The van der Waals surface area contributed by atoms with Gasteiger partial charge in [-0.25, -0.2) is 4.98 Å². The minimum Gasteiger partial charge on any atom is -0.472 e. The van der Waals surface area contributed by atoms with Gasteiger partial charge in [0.25, 0.3) is 5.91 Å². The topological polar surface area (TPSA) is 92.2 Å². The normalized spacial score (nSPS) is 21.7. The van der Waals surface area contributed by atoms with Gasteiger partial charge in [-0.3, -0.25) is 9.59 Å². The van der Waals surface area contributed by atoms with Crippen LogP contribution < -0.4 is 4.74 Å². The molecular weight excluding hydrogens is 398 g/mol. The average molecular weight is 430 g/mol. The van der Waals surface area contributed by atoms with E-state index in [1.165, 1.54) is 0 Å². The first-order valence-electron chi connectivity index (χ1n) is 10.7. The second-order valence-electron chi connectivity index (χ2n) is 8.43. The highest BCUT2D eigenvalue weighted by Crippen LogP contribution is 2.32. The Morgan fingerprint density at radius 3 is 2.87 bits per heavy atom. The molecule has 0 bridgehead atoms. The molecule has 1 aliphatic heterocycles. The second-order valence-corrected chi connectivity index (χ2v) is 8.43. The van der Waals surface area contributed by atoms with Crippen molar-refractivity contribution < 1.29 is 24.2 Å². The maximum absolute atomic E-state index is 13.3. The number of carbonyl (C=O) groups is 2. The molecule has 0 saturated heterocycles. The van der Waals surface area contributed by atoms with Gasteiger partial charge in [-0.05, 0) is 25.8 Å². The molecule has 2 aliphatic rings. The lowest BCUT2D eigenvalue weighted by Crippen LogP contribution is -2.50. The van der Waals surface area contributed by atoms with Crippen molar-refractivity contribution in [3.63, 3.8) is 0 Å². The predicted molar refractivity (Wildman–Crippen MR) is 115 cm³/mol. The van der Waals surface area contributed by atoms with E-state index in [2.05, 4.69) is 16.8 Å². The number of pyridine rings is 1. The summed E-state index contributed by atoms with van der Waals surface area (Å²) < 4.78 is 11.1. The summed E-state index contributed by atoms with van der Waals surface area (Å²) in [6, 6.07) is 1.30. The molecule has 31 heavy (non-hydrogen) atoms. The van der Waals surface area contributed by atoms with Crippen LogP contribution in [0.25, 0.3) is 0 Å². The van der Waals surface area contributed by atoms with E-state index in [1.54, 1.807) is 43.1 Å². The number of ether oxygens (including phenoxy) is 2. The summed E-state index contributed by atoms with van der Waals surface area (Å²) in [5, 5.41) is 9.72. The maximum atomic E-state index is 13.3. The molecule has 8 heteroatoms. The van der Waals surface area contributed by atoms with Crippen LogP contribution in [0.2, 0.25) is 0 Å². The van der Waals surface area contributed by atoms with E-state index in [1.807, 2.05) is 6.92 Å². The molecule has 0 aromatic carbocycles. The monoisotopic (exact) mass is 429 g/mol. The number of amides is 2. The van der Waals surface area contributed by atoms with Gasteiger partial charge in [0.15, 0.2) is 0 Å². The van der Waals surface area contributed by atoms with Crippen LogP contribution in [0.5, 0.6) is 5.88 Å². The van der Waals surface area contributed by atoms with Crippen molar-refractivity contribution in [1.29, 1.82) is 0 Å². The second kappa shape index (κ2) is 10.1. The number of hydrogen-bond acceptors (Lipinski definition) is 6. The summed E-state index contributed by atoms with van der Waals surface area (Å²) in [7, 11) is 3.35. The van der Waals surface area contributed by atoms with Crippen molar-refractivity contribution in [2.24, 2.45) is 11.8 Å². The van der Waals surface area contributed by atoms with Crippen molar-refractivity contribution in [2.45, 2.75) is 38.8 Å². The SMILES string of the molecule is COCC#Cc1cnc2c(c1)C(=O)N([C@H](C)CO)C[C@@H](C)[C@@H](CN(C)C(=O)C1CC1)O2. The molecule has 1 N–H and O–H groups in total. The number of aliphatic hydroxyl groups excluding tert-OH is 1. The molecule has 2 amide bonds. The summed E-state index contributed by atoms with van der Waals surface area (Å²) in [6.07, 6.45) is 3.11. The Hall–Kier alpha value is -2.63. The highest BCUT2D eigenvalue weighted by molar-refractivity contribution is 5.97. The molecule has 0 spiro atoms. The van der Waals surface area contributed by atoms with Crippen LogP contribution in [0.4, 0.5) is 0 Å². The minimum absolute atomic E-state index is 0.0662. The number of fused-ring (bicyclic) bond motifs is 1. The lowest BCUT2D eigenvalue weighted by Gasteiger charge is -2.37. The Morgan fingerprint density at radius 2 is 2.23 bits per heavy atom. The van der Waals surface area contributed by atoms with Gasteiger partial charge in [0.1, 0.15) is 18.3 Å². The molecule has 0 unspecified atom stereocenters. The van der Waals surface area contributed by atoms with Crippen LogP contribution in [-0.2, 0) is 9.53 Å². The molecule has 2 heterocycles. The van der Waals surface area contributed by atoms with E-state index in [0.717, 1.165) is 12.8 Å². The van der Waals surface area contributed by atoms with Gasteiger partial charge in [0.05, 0.1) is 19.2 Å². The number of aromatic nitrogens is 1.